The van der Waals surface area contributed by atoms with E-state index in [1.807, 2.05) is 31.0 Å². The number of pyridine rings is 1. The Balaban J connectivity index is 1.98. The number of nitrogens with zero attached hydrogens (tertiary/aromatic N) is 3. The Morgan fingerprint density at radius 2 is 2.26 bits per heavy atom. The molecule has 0 saturated carbocycles. The lowest BCUT2D eigenvalue weighted by molar-refractivity contribution is 0.314. The maximum absolute atomic E-state index is 11.3. The Kier molecular flexibility index (Phi) is 4.01. The normalized spacial score (nSPS) is 11.1. The van der Waals surface area contributed by atoms with Gasteiger partial charge in [-0.3, -0.25) is 14.4 Å². The van der Waals surface area contributed by atoms with Crippen LogP contribution in [0, 0.1) is 0 Å². The molecule has 0 bridgehead atoms. The van der Waals surface area contributed by atoms with Crippen LogP contribution in [0.3, 0.4) is 0 Å². The van der Waals surface area contributed by atoms with Gasteiger partial charge in [-0.05, 0) is 14.0 Å². The minimum atomic E-state index is -0.360. The van der Waals surface area contributed by atoms with E-state index in [2.05, 4.69) is 15.0 Å². The van der Waals surface area contributed by atoms with Crippen molar-refractivity contribution < 1.29 is 5.11 Å². The van der Waals surface area contributed by atoms with Crippen molar-refractivity contribution in [2.75, 3.05) is 7.05 Å². The van der Waals surface area contributed by atoms with Gasteiger partial charge < -0.3 is 10.1 Å². The first-order chi connectivity index (χ1) is 9.08. The molecule has 2 aromatic rings. The van der Waals surface area contributed by atoms with Gasteiger partial charge in [0.1, 0.15) is 0 Å². The standard InChI is InChI=1S/C13H18N4O2/c1-3-17-8-10(5-15-17)7-16(2)9-11-4-12(18)13(19)6-14-11/h4-6,8,19H,3,7,9H2,1-2H3,(H,14,18). The van der Waals surface area contributed by atoms with Gasteiger partial charge in [-0.1, -0.05) is 0 Å². The number of rotatable bonds is 5. The molecule has 0 fully saturated rings. The van der Waals surface area contributed by atoms with Crippen LogP contribution in [0.1, 0.15) is 18.2 Å². The Labute approximate surface area is 111 Å². The minimum absolute atomic E-state index is 0.254. The van der Waals surface area contributed by atoms with Gasteiger partial charge in [0.15, 0.2) is 5.75 Å². The second-order valence-electron chi connectivity index (χ2n) is 4.58. The van der Waals surface area contributed by atoms with Crippen molar-refractivity contribution in [1.29, 1.82) is 0 Å². The zero-order valence-electron chi connectivity index (χ0n) is 11.1. The highest BCUT2D eigenvalue weighted by Gasteiger charge is 2.06. The van der Waals surface area contributed by atoms with E-state index < -0.39 is 0 Å². The maximum atomic E-state index is 11.3. The van der Waals surface area contributed by atoms with E-state index in [0.717, 1.165) is 24.3 Å². The first-order valence-corrected chi connectivity index (χ1v) is 6.19. The summed E-state index contributed by atoms with van der Waals surface area (Å²) < 4.78 is 1.88. The number of hydrogen-bond acceptors (Lipinski definition) is 4. The van der Waals surface area contributed by atoms with Gasteiger partial charge in [0.2, 0.25) is 5.43 Å². The molecule has 6 heteroatoms. The third-order valence-electron chi connectivity index (χ3n) is 2.86. The van der Waals surface area contributed by atoms with Gasteiger partial charge in [0, 0.05) is 49.4 Å². The topological polar surface area (TPSA) is 74.2 Å². The van der Waals surface area contributed by atoms with Crippen LogP contribution in [-0.2, 0) is 19.6 Å². The van der Waals surface area contributed by atoms with Crippen LogP contribution in [-0.4, -0.2) is 31.8 Å². The highest BCUT2D eigenvalue weighted by atomic mass is 16.3. The molecule has 0 aliphatic carbocycles. The van der Waals surface area contributed by atoms with Gasteiger partial charge >= 0.3 is 0 Å². The fourth-order valence-electron chi connectivity index (χ4n) is 1.92. The summed E-state index contributed by atoms with van der Waals surface area (Å²) in [7, 11) is 1.97. The van der Waals surface area contributed by atoms with Crippen LogP contribution in [0.5, 0.6) is 5.75 Å². The highest BCUT2D eigenvalue weighted by Crippen LogP contribution is 2.06. The van der Waals surface area contributed by atoms with Gasteiger partial charge in [-0.2, -0.15) is 5.10 Å². The summed E-state index contributed by atoms with van der Waals surface area (Å²) in [4.78, 5) is 16.3. The lowest BCUT2D eigenvalue weighted by atomic mass is 10.3. The molecule has 0 atom stereocenters. The highest BCUT2D eigenvalue weighted by molar-refractivity contribution is 5.18. The lowest BCUT2D eigenvalue weighted by Crippen LogP contribution is -2.19. The molecule has 0 radical (unpaired) electrons. The van der Waals surface area contributed by atoms with E-state index in [0.29, 0.717) is 6.54 Å². The Morgan fingerprint density at radius 3 is 2.89 bits per heavy atom. The second kappa shape index (κ2) is 5.71. The van der Waals surface area contributed by atoms with Crippen molar-refractivity contribution >= 4 is 0 Å². The Bertz CT molecular complexity index is 603. The van der Waals surface area contributed by atoms with Crippen molar-refractivity contribution in [2.45, 2.75) is 26.6 Å². The van der Waals surface area contributed by atoms with E-state index in [4.69, 9.17) is 0 Å². The first-order valence-electron chi connectivity index (χ1n) is 6.19. The average Bonchev–Trinajstić information content (AvgIpc) is 2.81. The fourth-order valence-corrected chi connectivity index (χ4v) is 1.92. The average molecular weight is 262 g/mol. The summed E-state index contributed by atoms with van der Waals surface area (Å²) in [5.41, 5.74) is 1.54. The van der Waals surface area contributed by atoms with Crippen molar-refractivity contribution in [1.82, 2.24) is 19.7 Å². The summed E-state index contributed by atoms with van der Waals surface area (Å²) in [6.45, 7) is 4.26. The van der Waals surface area contributed by atoms with Crippen molar-refractivity contribution in [3.63, 3.8) is 0 Å². The maximum Gasteiger partial charge on any atom is 0.223 e. The first kappa shape index (κ1) is 13.4. The third-order valence-corrected chi connectivity index (χ3v) is 2.86. The monoisotopic (exact) mass is 262 g/mol. The van der Waals surface area contributed by atoms with Crippen LogP contribution in [0.4, 0.5) is 0 Å². The number of hydrogen-bond donors (Lipinski definition) is 2. The molecule has 2 heterocycles. The molecule has 0 aromatic carbocycles. The quantitative estimate of drug-likeness (QED) is 0.840. The lowest BCUT2D eigenvalue weighted by Gasteiger charge is -2.15. The smallest absolute Gasteiger partial charge is 0.223 e. The van der Waals surface area contributed by atoms with Crippen LogP contribution >= 0.6 is 0 Å². The van der Waals surface area contributed by atoms with Crippen LogP contribution in [0.25, 0.3) is 0 Å². The van der Waals surface area contributed by atoms with E-state index in [1.165, 1.54) is 12.3 Å². The van der Waals surface area contributed by atoms with Gasteiger partial charge in [0.25, 0.3) is 0 Å². The van der Waals surface area contributed by atoms with E-state index in [-0.39, 0.29) is 11.2 Å². The van der Waals surface area contributed by atoms with Gasteiger partial charge in [0.05, 0.1) is 6.20 Å². The minimum Gasteiger partial charge on any atom is -0.503 e. The van der Waals surface area contributed by atoms with E-state index in [1.54, 1.807) is 0 Å². The molecule has 6 nitrogen and oxygen atoms in total. The second-order valence-corrected chi connectivity index (χ2v) is 4.58. The number of aromatic nitrogens is 3. The predicted octanol–water partition coefficient (Wildman–Crippen LogP) is 0.929. The molecule has 102 valence electrons. The number of H-pyrrole nitrogens is 1. The predicted molar refractivity (Wildman–Crippen MR) is 71.8 cm³/mol. The Hall–Kier alpha value is -2.08. The molecule has 0 saturated heterocycles. The number of aromatic amines is 1. The fraction of sp³-hybridized carbons (Fsp3) is 0.385. The largest absolute Gasteiger partial charge is 0.503 e. The van der Waals surface area contributed by atoms with Crippen LogP contribution in [0.2, 0.25) is 0 Å². The summed E-state index contributed by atoms with van der Waals surface area (Å²) >= 11 is 0. The molecule has 0 aliphatic rings. The van der Waals surface area contributed by atoms with Crippen molar-refractivity contribution in [3.8, 4) is 5.75 Å². The molecular formula is C13H18N4O2. The van der Waals surface area contributed by atoms with Crippen LogP contribution in [0.15, 0.2) is 29.5 Å². The number of aromatic hydroxyl groups is 1. The molecule has 2 aromatic heterocycles. The van der Waals surface area contributed by atoms with Gasteiger partial charge in [-0.25, -0.2) is 0 Å². The molecule has 19 heavy (non-hydrogen) atoms. The molecule has 0 amide bonds. The molecular weight excluding hydrogens is 244 g/mol. The third kappa shape index (κ3) is 3.45. The summed E-state index contributed by atoms with van der Waals surface area (Å²) in [6.07, 6.45) is 5.18. The zero-order valence-corrected chi connectivity index (χ0v) is 11.1. The molecule has 0 aliphatic heterocycles. The molecule has 0 spiro atoms. The molecule has 2 rings (SSSR count). The van der Waals surface area contributed by atoms with Crippen LogP contribution < -0.4 is 5.43 Å². The van der Waals surface area contributed by atoms with E-state index in [9.17, 15) is 9.90 Å². The summed E-state index contributed by atoms with van der Waals surface area (Å²) in [6, 6.07) is 1.42. The zero-order chi connectivity index (χ0) is 13.8. The van der Waals surface area contributed by atoms with E-state index >= 15 is 0 Å². The van der Waals surface area contributed by atoms with Crippen molar-refractivity contribution in [3.05, 3.63) is 46.1 Å². The number of nitrogens with one attached hydrogen (secondary N) is 1. The number of aryl methyl sites for hydroxylation is 1. The Morgan fingerprint density at radius 1 is 1.47 bits per heavy atom. The SMILES string of the molecule is CCn1cc(CN(C)Cc2cc(=O)c(O)c[nH]2)cn1. The summed E-state index contributed by atoms with van der Waals surface area (Å²) in [5, 5.41) is 13.4. The molecule has 2 N–H and O–H groups in total. The van der Waals surface area contributed by atoms with Gasteiger partial charge in [-0.15, -0.1) is 0 Å². The summed E-state index contributed by atoms with van der Waals surface area (Å²) in [5.74, 6) is -0.254. The van der Waals surface area contributed by atoms with Crippen molar-refractivity contribution in [2.24, 2.45) is 0 Å². The molecule has 0 unspecified atom stereocenters.